The lowest BCUT2D eigenvalue weighted by atomic mass is 10.1. The molecule has 2 fully saturated rings. The van der Waals surface area contributed by atoms with Crippen LogP contribution in [0.5, 0.6) is 0 Å². The number of hydrogen-bond acceptors (Lipinski definition) is 4. The molecule has 0 bridgehead atoms. The van der Waals surface area contributed by atoms with Crippen molar-refractivity contribution in [3.8, 4) is 0 Å². The lowest BCUT2D eigenvalue weighted by Crippen LogP contribution is -2.46. The minimum absolute atomic E-state index is 0.104. The predicted molar refractivity (Wildman–Crippen MR) is 125 cm³/mol. The van der Waals surface area contributed by atoms with E-state index in [2.05, 4.69) is 17.1 Å². The van der Waals surface area contributed by atoms with Gasteiger partial charge in [-0.1, -0.05) is 6.92 Å². The monoisotopic (exact) mass is 470 g/mol. The largest absolute Gasteiger partial charge is 0.367 e. The van der Waals surface area contributed by atoms with E-state index in [1.54, 1.807) is 6.07 Å². The van der Waals surface area contributed by atoms with E-state index >= 15 is 4.39 Å². The number of nitrogens with one attached hydrogen (secondary N) is 1. The molecular formula is C25H25F3N4O2. The van der Waals surface area contributed by atoms with Gasteiger partial charge < -0.3 is 19.7 Å². The molecule has 6 nitrogen and oxygen atoms in total. The smallest absolute Gasteiger partial charge is 0.261 e. The van der Waals surface area contributed by atoms with E-state index in [0.717, 1.165) is 44.6 Å². The van der Waals surface area contributed by atoms with Crippen LogP contribution in [-0.4, -0.2) is 48.1 Å². The zero-order valence-corrected chi connectivity index (χ0v) is 18.8. The Morgan fingerprint density at radius 2 is 1.68 bits per heavy atom. The fraction of sp³-hybridized carbons (Fsp3) is 0.360. The average Bonchev–Trinajstić information content (AvgIpc) is 3.64. The maximum atomic E-state index is 15.2. The lowest BCUT2D eigenvalue weighted by Gasteiger charge is -2.35. The number of aromatic nitrogens is 1. The van der Waals surface area contributed by atoms with Gasteiger partial charge in [0.2, 0.25) is 5.43 Å². The summed E-state index contributed by atoms with van der Waals surface area (Å²) in [5, 5.41) is 2.49. The Morgan fingerprint density at radius 1 is 1.00 bits per heavy atom. The summed E-state index contributed by atoms with van der Waals surface area (Å²) in [6, 6.07) is 5.63. The molecule has 0 unspecified atom stereocenters. The summed E-state index contributed by atoms with van der Waals surface area (Å²) in [6.07, 6.45) is 3.25. The van der Waals surface area contributed by atoms with Crippen LogP contribution in [0.25, 0.3) is 10.9 Å². The number of fused-ring (bicyclic) bond motifs is 1. The standard InChI is InChI=1S/C25H25F3N4O2/c1-2-30-5-7-31(8-6-30)23-13-22-19(12-21(23)28)24(33)20(14-32(22)18-3-4-18)25(34)29-17-10-15(26)9-16(27)11-17/h9-14,18H,2-8H2,1H3,(H,29,34). The first-order chi connectivity index (χ1) is 16.3. The van der Waals surface area contributed by atoms with Crippen molar-refractivity contribution in [2.75, 3.05) is 42.9 Å². The van der Waals surface area contributed by atoms with Crippen LogP contribution in [0.4, 0.5) is 24.5 Å². The van der Waals surface area contributed by atoms with E-state index in [0.29, 0.717) is 30.4 Å². The van der Waals surface area contributed by atoms with Gasteiger partial charge in [0.05, 0.1) is 11.2 Å². The number of carbonyl (C=O) groups is 1. The second-order valence-electron chi connectivity index (χ2n) is 8.86. The SMILES string of the molecule is CCN1CCN(c2cc3c(cc2F)c(=O)c(C(=O)Nc2cc(F)cc(F)c2)cn3C2CC2)CC1. The second kappa shape index (κ2) is 8.79. The van der Waals surface area contributed by atoms with Crippen LogP contribution in [0, 0.1) is 17.5 Å². The van der Waals surface area contributed by atoms with Crippen molar-refractivity contribution in [2.24, 2.45) is 0 Å². The van der Waals surface area contributed by atoms with Crippen molar-refractivity contribution in [1.82, 2.24) is 9.47 Å². The van der Waals surface area contributed by atoms with Gasteiger partial charge in [-0.15, -0.1) is 0 Å². The van der Waals surface area contributed by atoms with Crippen LogP contribution >= 0.6 is 0 Å². The molecule has 178 valence electrons. The number of carbonyl (C=O) groups excluding carboxylic acids is 1. The summed E-state index contributed by atoms with van der Waals surface area (Å²) in [7, 11) is 0. The van der Waals surface area contributed by atoms with E-state index in [1.807, 2.05) is 9.47 Å². The van der Waals surface area contributed by atoms with Gasteiger partial charge in [0.25, 0.3) is 5.91 Å². The summed E-state index contributed by atoms with van der Waals surface area (Å²) in [5.41, 5.74) is 0.0997. The Kier molecular flexibility index (Phi) is 5.81. The molecule has 5 rings (SSSR count). The molecule has 3 aromatic rings. The fourth-order valence-electron chi connectivity index (χ4n) is 4.55. The number of hydrogen-bond donors (Lipinski definition) is 1. The normalized spacial score (nSPS) is 16.8. The highest BCUT2D eigenvalue weighted by atomic mass is 19.1. The second-order valence-corrected chi connectivity index (χ2v) is 8.86. The summed E-state index contributed by atoms with van der Waals surface area (Å²) < 4.78 is 44.1. The first kappa shape index (κ1) is 22.5. The zero-order chi connectivity index (χ0) is 24.0. The minimum atomic E-state index is -0.849. The molecule has 1 saturated carbocycles. The molecule has 0 atom stereocenters. The highest BCUT2D eigenvalue weighted by molar-refractivity contribution is 6.06. The van der Waals surface area contributed by atoms with Crippen molar-refractivity contribution in [3.63, 3.8) is 0 Å². The number of pyridine rings is 1. The minimum Gasteiger partial charge on any atom is -0.367 e. The molecule has 1 amide bonds. The van der Waals surface area contributed by atoms with Crippen LogP contribution in [-0.2, 0) is 0 Å². The molecule has 2 heterocycles. The Morgan fingerprint density at radius 3 is 2.29 bits per heavy atom. The molecule has 2 aliphatic rings. The van der Waals surface area contributed by atoms with Crippen LogP contribution in [0.15, 0.2) is 41.3 Å². The number of piperazine rings is 1. The Bertz CT molecular complexity index is 1310. The van der Waals surface area contributed by atoms with Crippen LogP contribution in [0.1, 0.15) is 36.2 Å². The van der Waals surface area contributed by atoms with E-state index in [-0.39, 0.29) is 22.7 Å². The molecule has 34 heavy (non-hydrogen) atoms. The Hall–Kier alpha value is -3.33. The number of benzene rings is 2. The zero-order valence-electron chi connectivity index (χ0n) is 18.8. The quantitative estimate of drug-likeness (QED) is 0.609. The highest BCUT2D eigenvalue weighted by Crippen LogP contribution is 2.38. The highest BCUT2D eigenvalue weighted by Gasteiger charge is 2.28. The van der Waals surface area contributed by atoms with E-state index in [9.17, 15) is 18.4 Å². The fourth-order valence-corrected chi connectivity index (χ4v) is 4.55. The molecular weight excluding hydrogens is 445 g/mol. The lowest BCUT2D eigenvalue weighted by molar-refractivity contribution is 0.102. The number of amides is 1. The van der Waals surface area contributed by atoms with Crippen molar-refractivity contribution in [1.29, 1.82) is 0 Å². The van der Waals surface area contributed by atoms with Gasteiger partial charge in [0, 0.05) is 55.6 Å². The number of nitrogens with zero attached hydrogens (tertiary/aromatic N) is 3. The van der Waals surface area contributed by atoms with Crippen molar-refractivity contribution in [3.05, 3.63) is 69.8 Å². The first-order valence-electron chi connectivity index (χ1n) is 11.5. The molecule has 9 heteroatoms. The maximum absolute atomic E-state index is 15.2. The molecule has 1 aliphatic heterocycles. The number of anilines is 2. The molecule has 2 aromatic carbocycles. The van der Waals surface area contributed by atoms with Gasteiger partial charge >= 0.3 is 0 Å². The number of likely N-dealkylation sites (N-methyl/N-ethyl adjacent to an activating group) is 1. The van der Waals surface area contributed by atoms with Gasteiger partial charge in [-0.2, -0.15) is 0 Å². The van der Waals surface area contributed by atoms with Crippen LogP contribution < -0.4 is 15.6 Å². The predicted octanol–water partition coefficient (Wildman–Crippen LogP) is 4.15. The third kappa shape index (κ3) is 4.27. The third-order valence-electron chi connectivity index (χ3n) is 6.57. The molecule has 1 N–H and O–H groups in total. The van der Waals surface area contributed by atoms with Crippen molar-refractivity contribution in [2.45, 2.75) is 25.8 Å². The first-order valence-corrected chi connectivity index (χ1v) is 11.5. The van der Waals surface area contributed by atoms with Gasteiger partial charge in [0.15, 0.2) is 0 Å². The third-order valence-corrected chi connectivity index (χ3v) is 6.57. The molecule has 1 aromatic heterocycles. The molecule has 0 spiro atoms. The Balaban J connectivity index is 1.54. The van der Waals surface area contributed by atoms with Crippen LogP contribution in [0.3, 0.4) is 0 Å². The van der Waals surface area contributed by atoms with E-state index in [1.165, 1.54) is 12.3 Å². The number of halogens is 3. The van der Waals surface area contributed by atoms with Crippen LogP contribution in [0.2, 0.25) is 0 Å². The van der Waals surface area contributed by atoms with Gasteiger partial charge in [-0.05, 0) is 43.7 Å². The van der Waals surface area contributed by atoms with Gasteiger partial charge in [-0.3, -0.25) is 9.59 Å². The topological polar surface area (TPSA) is 57.6 Å². The maximum Gasteiger partial charge on any atom is 0.261 e. The van der Waals surface area contributed by atoms with E-state index in [4.69, 9.17) is 0 Å². The molecule has 0 radical (unpaired) electrons. The average molecular weight is 470 g/mol. The van der Waals surface area contributed by atoms with E-state index < -0.39 is 28.8 Å². The van der Waals surface area contributed by atoms with Crippen molar-refractivity contribution < 1.29 is 18.0 Å². The summed E-state index contributed by atoms with van der Waals surface area (Å²) >= 11 is 0. The van der Waals surface area contributed by atoms with Gasteiger partial charge in [-0.25, -0.2) is 13.2 Å². The molecule has 1 saturated heterocycles. The van der Waals surface area contributed by atoms with Crippen molar-refractivity contribution >= 4 is 28.2 Å². The summed E-state index contributed by atoms with van der Waals surface area (Å²) in [5.74, 6) is -3.01. The van der Waals surface area contributed by atoms with Gasteiger partial charge in [0.1, 0.15) is 23.0 Å². The summed E-state index contributed by atoms with van der Waals surface area (Å²) in [4.78, 5) is 30.4. The number of rotatable bonds is 5. The Labute approximate surface area is 194 Å². The molecule has 1 aliphatic carbocycles. The summed E-state index contributed by atoms with van der Waals surface area (Å²) in [6.45, 7) is 6.09.